The van der Waals surface area contributed by atoms with Crippen LogP contribution < -0.4 is 5.32 Å². The zero-order valence-corrected chi connectivity index (χ0v) is 14.9. The number of hydrogen-bond donors (Lipinski definition) is 1. The summed E-state index contributed by atoms with van der Waals surface area (Å²) in [5.74, 6) is -0.874. The Morgan fingerprint density at radius 3 is 2.72 bits per heavy atom. The zero-order chi connectivity index (χ0) is 18.0. The van der Waals surface area contributed by atoms with E-state index < -0.39 is 0 Å². The number of hydrogen-bond acceptors (Lipinski definition) is 4. The summed E-state index contributed by atoms with van der Waals surface area (Å²) in [6, 6.07) is 5.30. The molecule has 2 aliphatic rings. The molecule has 6 nitrogen and oxygen atoms in total. The van der Waals surface area contributed by atoms with E-state index in [1.54, 1.807) is 12.1 Å². The molecule has 1 N–H and O–H groups in total. The van der Waals surface area contributed by atoms with Crippen molar-refractivity contribution in [3.8, 4) is 0 Å². The van der Waals surface area contributed by atoms with Crippen LogP contribution in [-0.4, -0.2) is 60.2 Å². The highest BCUT2D eigenvalue weighted by Gasteiger charge is 2.33. The number of amides is 3. The van der Waals surface area contributed by atoms with Gasteiger partial charge >= 0.3 is 0 Å². The molecule has 0 aromatic heterocycles. The van der Waals surface area contributed by atoms with Gasteiger partial charge in [-0.3, -0.25) is 19.3 Å². The lowest BCUT2D eigenvalue weighted by Gasteiger charge is -2.33. The van der Waals surface area contributed by atoms with E-state index in [0.717, 1.165) is 24.4 Å². The summed E-state index contributed by atoms with van der Waals surface area (Å²) in [5, 5.41) is 2.91. The first kappa shape index (κ1) is 17.6. The highest BCUT2D eigenvalue weighted by Crippen LogP contribution is 2.22. The third-order valence-electron chi connectivity index (χ3n) is 5.20. The minimum absolute atomic E-state index is 0.204. The number of imide groups is 1. The van der Waals surface area contributed by atoms with Gasteiger partial charge in [0.25, 0.3) is 17.7 Å². The van der Waals surface area contributed by atoms with Crippen molar-refractivity contribution in [2.75, 3.05) is 26.7 Å². The summed E-state index contributed by atoms with van der Waals surface area (Å²) in [7, 11) is 1.45. The van der Waals surface area contributed by atoms with Crippen LogP contribution in [0.3, 0.4) is 0 Å². The second kappa shape index (κ2) is 7.35. The highest BCUT2D eigenvalue weighted by molar-refractivity contribution is 6.21. The Balaban J connectivity index is 1.52. The smallest absolute Gasteiger partial charge is 0.261 e. The molecule has 134 valence electrons. The maximum atomic E-state index is 12.3. The Morgan fingerprint density at radius 1 is 1.20 bits per heavy atom. The fraction of sp³-hybridized carbons (Fsp3) is 0.526. The number of carbonyl (C=O) groups is 3. The molecule has 0 radical (unpaired) electrons. The largest absolute Gasteiger partial charge is 0.352 e. The van der Waals surface area contributed by atoms with Crippen molar-refractivity contribution in [2.45, 2.75) is 38.6 Å². The fourth-order valence-corrected chi connectivity index (χ4v) is 3.58. The molecule has 3 rings (SSSR count). The molecule has 2 aliphatic heterocycles. The molecule has 1 unspecified atom stereocenters. The Hall–Kier alpha value is -2.21. The minimum atomic E-state index is -0.353. The Kier molecular flexibility index (Phi) is 5.18. The van der Waals surface area contributed by atoms with Crippen LogP contribution in [0.25, 0.3) is 0 Å². The third kappa shape index (κ3) is 3.58. The van der Waals surface area contributed by atoms with E-state index in [9.17, 15) is 14.4 Å². The molecule has 1 aromatic rings. The van der Waals surface area contributed by atoms with Gasteiger partial charge < -0.3 is 10.2 Å². The van der Waals surface area contributed by atoms with Gasteiger partial charge in [0.1, 0.15) is 0 Å². The third-order valence-corrected chi connectivity index (χ3v) is 5.20. The van der Waals surface area contributed by atoms with Crippen LogP contribution >= 0.6 is 0 Å². The van der Waals surface area contributed by atoms with Gasteiger partial charge in [0.05, 0.1) is 11.1 Å². The summed E-state index contributed by atoms with van der Waals surface area (Å²) < 4.78 is 0. The molecule has 1 saturated heterocycles. The quantitative estimate of drug-likeness (QED) is 0.655. The SMILES string of the molecule is CC1CCCCN1CCCNC(=O)c1ccc2c(c1)C(=O)N(C)C2=O. The van der Waals surface area contributed by atoms with Crippen LogP contribution in [0.2, 0.25) is 0 Å². The molecular formula is C19H25N3O3. The Bertz CT molecular complexity index is 701. The first-order valence-corrected chi connectivity index (χ1v) is 8.97. The molecule has 0 saturated carbocycles. The lowest BCUT2D eigenvalue weighted by Crippen LogP contribution is -2.39. The van der Waals surface area contributed by atoms with Crippen LogP contribution in [0.15, 0.2) is 18.2 Å². The Labute approximate surface area is 148 Å². The number of fused-ring (bicyclic) bond motifs is 1. The van der Waals surface area contributed by atoms with E-state index in [1.165, 1.54) is 32.4 Å². The maximum absolute atomic E-state index is 12.3. The number of nitrogens with zero attached hydrogens (tertiary/aromatic N) is 2. The number of benzene rings is 1. The molecule has 0 bridgehead atoms. The summed E-state index contributed by atoms with van der Waals surface area (Å²) in [6.07, 6.45) is 4.72. The van der Waals surface area contributed by atoms with Gasteiger partial charge in [-0.1, -0.05) is 6.42 Å². The van der Waals surface area contributed by atoms with E-state index in [0.29, 0.717) is 29.3 Å². The van der Waals surface area contributed by atoms with Gasteiger partial charge in [0, 0.05) is 31.7 Å². The zero-order valence-electron chi connectivity index (χ0n) is 14.9. The Morgan fingerprint density at radius 2 is 1.96 bits per heavy atom. The predicted molar refractivity (Wildman–Crippen MR) is 94.7 cm³/mol. The molecule has 1 fully saturated rings. The molecule has 3 amide bonds. The molecule has 0 spiro atoms. The first-order chi connectivity index (χ1) is 12.0. The van der Waals surface area contributed by atoms with E-state index >= 15 is 0 Å². The van der Waals surface area contributed by atoms with E-state index in [2.05, 4.69) is 17.1 Å². The number of piperidine rings is 1. The van der Waals surface area contributed by atoms with Gasteiger partial charge in [-0.25, -0.2) is 0 Å². The summed E-state index contributed by atoms with van der Waals surface area (Å²) >= 11 is 0. The highest BCUT2D eigenvalue weighted by atomic mass is 16.2. The average Bonchev–Trinajstić information content (AvgIpc) is 2.84. The van der Waals surface area contributed by atoms with Gasteiger partial charge in [-0.15, -0.1) is 0 Å². The van der Waals surface area contributed by atoms with Crippen molar-refractivity contribution >= 4 is 17.7 Å². The van der Waals surface area contributed by atoms with Crippen molar-refractivity contribution in [3.63, 3.8) is 0 Å². The predicted octanol–water partition coefficient (Wildman–Crippen LogP) is 1.91. The molecule has 6 heteroatoms. The monoisotopic (exact) mass is 343 g/mol. The normalized spacial score (nSPS) is 20.7. The van der Waals surface area contributed by atoms with Crippen LogP contribution in [-0.2, 0) is 0 Å². The fourth-order valence-electron chi connectivity index (χ4n) is 3.58. The van der Waals surface area contributed by atoms with E-state index in [1.807, 2.05) is 0 Å². The van der Waals surface area contributed by atoms with E-state index in [-0.39, 0.29) is 17.7 Å². The van der Waals surface area contributed by atoms with E-state index in [4.69, 9.17) is 0 Å². The van der Waals surface area contributed by atoms with Crippen molar-refractivity contribution in [1.82, 2.24) is 15.1 Å². The number of carbonyl (C=O) groups excluding carboxylic acids is 3. The summed E-state index contributed by atoms with van der Waals surface area (Å²) in [6.45, 7) is 5.00. The summed E-state index contributed by atoms with van der Waals surface area (Å²) in [4.78, 5) is 39.7. The number of nitrogens with one attached hydrogen (secondary N) is 1. The second-order valence-corrected chi connectivity index (χ2v) is 6.92. The number of likely N-dealkylation sites (tertiary alicyclic amines) is 1. The van der Waals surface area contributed by atoms with Crippen LogP contribution in [0, 0.1) is 0 Å². The van der Waals surface area contributed by atoms with Crippen molar-refractivity contribution in [3.05, 3.63) is 34.9 Å². The van der Waals surface area contributed by atoms with Crippen molar-refractivity contribution < 1.29 is 14.4 Å². The second-order valence-electron chi connectivity index (χ2n) is 6.92. The lowest BCUT2D eigenvalue weighted by molar-refractivity contribution is 0.0693. The molecule has 1 atom stereocenters. The lowest BCUT2D eigenvalue weighted by atomic mass is 10.0. The first-order valence-electron chi connectivity index (χ1n) is 8.97. The maximum Gasteiger partial charge on any atom is 0.261 e. The molecule has 1 aromatic carbocycles. The molecule has 2 heterocycles. The van der Waals surface area contributed by atoms with Gasteiger partial charge in [0.2, 0.25) is 0 Å². The van der Waals surface area contributed by atoms with Gasteiger partial charge in [-0.2, -0.15) is 0 Å². The van der Waals surface area contributed by atoms with Gasteiger partial charge in [0.15, 0.2) is 0 Å². The van der Waals surface area contributed by atoms with Crippen molar-refractivity contribution in [1.29, 1.82) is 0 Å². The minimum Gasteiger partial charge on any atom is -0.352 e. The van der Waals surface area contributed by atoms with Crippen LogP contribution in [0.5, 0.6) is 0 Å². The topological polar surface area (TPSA) is 69.7 Å². The standard InChI is InChI=1S/C19H25N3O3/c1-13-6-3-4-10-22(13)11-5-9-20-17(23)14-7-8-15-16(12-14)19(25)21(2)18(15)24/h7-8,12-13H,3-6,9-11H2,1-2H3,(H,20,23). The molecule has 0 aliphatic carbocycles. The van der Waals surface area contributed by atoms with Gasteiger partial charge in [-0.05, 0) is 50.9 Å². The van der Waals surface area contributed by atoms with Crippen LogP contribution in [0.1, 0.15) is 63.7 Å². The number of rotatable bonds is 5. The molecule has 25 heavy (non-hydrogen) atoms. The molecular weight excluding hydrogens is 318 g/mol. The average molecular weight is 343 g/mol. The van der Waals surface area contributed by atoms with Crippen LogP contribution in [0.4, 0.5) is 0 Å². The summed E-state index contributed by atoms with van der Waals surface area (Å²) in [5.41, 5.74) is 1.09. The van der Waals surface area contributed by atoms with Crippen molar-refractivity contribution in [2.24, 2.45) is 0 Å².